The minimum atomic E-state index is -0.300. The Morgan fingerprint density at radius 2 is 2.05 bits per heavy atom. The Labute approximate surface area is 115 Å². The van der Waals surface area contributed by atoms with Crippen LogP contribution in [0.1, 0.15) is 36.2 Å². The van der Waals surface area contributed by atoms with Gasteiger partial charge in [-0.05, 0) is 18.5 Å². The molecule has 19 heavy (non-hydrogen) atoms. The van der Waals surface area contributed by atoms with Gasteiger partial charge in [0.1, 0.15) is 6.10 Å². The van der Waals surface area contributed by atoms with E-state index >= 15 is 0 Å². The fourth-order valence-corrected chi connectivity index (χ4v) is 2.46. The number of likely N-dealkylation sites (N-methyl/N-ethyl adjacent to an activating group) is 1. The number of ether oxygens (including phenoxy) is 1. The second-order valence-electron chi connectivity index (χ2n) is 5.06. The van der Waals surface area contributed by atoms with E-state index in [0.29, 0.717) is 13.2 Å². The van der Waals surface area contributed by atoms with Gasteiger partial charge < -0.3 is 4.74 Å². The summed E-state index contributed by atoms with van der Waals surface area (Å²) in [5.74, 6) is 0.112. The number of morpholine rings is 1. The topological polar surface area (TPSA) is 29.5 Å². The Hall–Kier alpha value is -1.19. The van der Waals surface area contributed by atoms with E-state index in [4.69, 9.17) is 4.74 Å². The van der Waals surface area contributed by atoms with E-state index in [9.17, 15) is 4.79 Å². The maximum atomic E-state index is 12.4. The Morgan fingerprint density at radius 1 is 1.32 bits per heavy atom. The Balaban J connectivity index is 2.02. The number of hydrogen-bond donors (Lipinski definition) is 0. The molecule has 1 unspecified atom stereocenters. The van der Waals surface area contributed by atoms with E-state index in [1.165, 1.54) is 5.56 Å². The molecule has 1 aliphatic rings. The molecule has 1 aliphatic heterocycles. The van der Waals surface area contributed by atoms with Crippen LogP contribution in [0.15, 0.2) is 24.3 Å². The molecule has 3 nitrogen and oxygen atoms in total. The smallest absolute Gasteiger partial charge is 0.192 e. The Kier molecular flexibility index (Phi) is 5.11. The van der Waals surface area contributed by atoms with Gasteiger partial charge in [0.25, 0.3) is 0 Å². The zero-order valence-corrected chi connectivity index (χ0v) is 11.9. The molecular weight excluding hydrogens is 238 g/mol. The van der Waals surface area contributed by atoms with E-state index in [0.717, 1.165) is 31.5 Å². The minimum absolute atomic E-state index is 0.112. The average molecular weight is 261 g/mol. The Bertz CT molecular complexity index is 413. The van der Waals surface area contributed by atoms with Crippen molar-refractivity contribution in [2.24, 2.45) is 0 Å². The molecule has 0 radical (unpaired) electrons. The molecule has 104 valence electrons. The summed E-state index contributed by atoms with van der Waals surface area (Å²) >= 11 is 0. The summed E-state index contributed by atoms with van der Waals surface area (Å²) in [6.45, 7) is 7.54. The van der Waals surface area contributed by atoms with Gasteiger partial charge >= 0.3 is 0 Å². The average Bonchev–Trinajstić information content (AvgIpc) is 2.48. The molecule has 1 aromatic carbocycles. The van der Waals surface area contributed by atoms with Crippen molar-refractivity contribution in [3.8, 4) is 0 Å². The number of nitrogens with zero attached hydrogens (tertiary/aromatic N) is 1. The summed E-state index contributed by atoms with van der Waals surface area (Å²) < 4.78 is 5.61. The fourth-order valence-electron chi connectivity index (χ4n) is 2.46. The summed E-state index contributed by atoms with van der Waals surface area (Å²) in [4.78, 5) is 14.6. The highest BCUT2D eigenvalue weighted by molar-refractivity contribution is 5.99. The highest BCUT2D eigenvalue weighted by Crippen LogP contribution is 2.13. The van der Waals surface area contributed by atoms with Gasteiger partial charge in [-0.2, -0.15) is 0 Å². The summed E-state index contributed by atoms with van der Waals surface area (Å²) in [7, 11) is 0. The third-order valence-corrected chi connectivity index (χ3v) is 3.67. The molecule has 0 aliphatic carbocycles. The third kappa shape index (κ3) is 3.64. The number of Topliss-reactive ketones (excluding diaryl/α,β-unsaturated/α-hetero) is 1. The molecular formula is C16H23NO2. The van der Waals surface area contributed by atoms with Crippen LogP contribution in [0.25, 0.3) is 0 Å². The lowest BCUT2D eigenvalue weighted by Gasteiger charge is -2.31. The molecule has 0 spiro atoms. The van der Waals surface area contributed by atoms with Gasteiger partial charge in [0.15, 0.2) is 5.78 Å². The molecule has 1 saturated heterocycles. The standard InChI is InChI=1S/C16H23NO2/c1-3-5-13-6-8-14(9-7-13)16(18)15-12-17(4-2)10-11-19-15/h6-9,15H,3-5,10-12H2,1-2H3. The van der Waals surface area contributed by atoms with Crippen LogP contribution in [0, 0.1) is 0 Å². The van der Waals surface area contributed by atoms with Crippen LogP contribution in [0.5, 0.6) is 0 Å². The zero-order chi connectivity index (χ0) is 13.7. The zero-order valence-electron chi connectivity index (χ0n) is 11.9. The van der Waals surface area contributed by atoms with Gasteiger partial charge in [0.05, 0.1) is 6.61 Å². The minimum Gasteiger partial charge on any atom is -0.367 e. The maximum absolute atomic E-state index is 12.4. The molecule has 1 heterocycles. The predicted molar refractivity (Wildman–Crippen MR) is 76.6 cm³/mol. The highest BCUT2D eigenvalue weighted by Gasteiger charge is 2.26. The highest BCUT2D eigenvalue weighted by atomic mass is 16.5. The largest absolute Gasteiger partial charge is 0.367 e. The number of ketones is 1. The molecule has 0 N–H and O–H groups in total. The van der Waals surface area contributed by atoms with E-state index in [-0.39, 0.29) is 11.9 Å². The van der Waals surface area contributed by atoms with Crippen molar-refractivity contribution in [3.63, 3.8) is 0 Å². The number of carbonyl (C=O) groups excluding carboxylic acids is 1. The van der Waals surface area contributed by atoms with E-state index in [1.54, 1.807) is 0 Å². The SMILES string of the molecule is CCCc1ccc(C(=O)C2CN(CC)CCO2)cc1. The maximum Gasteiger partial charge on any atom is 0.192 e. The van der Waals surface area contributed by atoms with Crippen molar-refractivity contribution in [3.05, 3.63) is 35.4 Å². The van der Waals surface area contributed by atoms with Gasteiger partial charge in [-0.25, -0.2) is 0 Å². The third-order valence-electron chi connectivity index (χ3n) is 3.67. The predicted octanol–water partition coefficient (Wildman–Crippen LogP) is 2.54. The van der Waals surface area contributed by atoms with Crippen LogP contribution < -0.4 is 0 Å². The first-order valence-electron chi connectivity index (χ1n) is 7.21. The summed E-state index contributed by atoms with van der Waals surface area (Å²) in [6.07, 6.45) is 1.90. The molecule has 0 amide bonds. The first-order chi connectivity index (χ1) is 9.24. The van der Waals surface area contributed by atoms with Crippen LogP contribution in [-0.2, 0) is 11.2 Å². The quantitative estimate of drug-likeness (QED) is 0.763. The molecule has 0 aromatic heterocycles. The van der Waals surface area contributed by atoms with Crippen molar-refractivity contribution in [2.45, 2.75) is 32.8 Å². The molecule has 1 aromatic rings. The molecule has 2 rings (SSSR count). The lowest BCUT2D eigenvalue weighted by Crippen LogP contribution is -2.45. The van der Waals surface area contributed by atoms with Crippen molar-refractivity contribution < 1.29 is 9.53 Å². The van der Waals surface area contributed by atoms with E-state index < -0.39 is 0 Å². The number of hydrogen-bond acceptors (Lipinski definition) is 3. The second kappa shape index (κ2) is 6.83. The molecule has 1 atom stereocenters. The van der Waals surface area contributed by atoms with Gasteiger partial charge in [-0.15, -0.1) is 0 Å². The van der Waals surface area contributed by atoms with Crippen LogP contribution in [0.3, 0.4) is 0 Å². The second-order valence-corrected chi connectivity index (χ2v) is 5.06. The van der Waals surface area contributed by atoms with E-state index in [2.05, 4.69) is 30.9 Å². The van der Waals surface area contributed by atoms with Crippen molar-refractivity contribution >= 4 is 5.78 Å². The lowest BCUT2D eigenvalue weighted by atomic mass is 10.0. The van der Waals surface area contributed by atoms with E-state index in [1.807, 2.05) is 12.1 Å². The van der Waals surface area contributed by atoms with Crippen LogP contribution in [0.2, 0.25) is 0 Å². The lowest BCUT2D eigenvalue weighted by molar-refractivity contribution is -0.0148. The first-order valence-corrected chi connectivity index (χ1v) is 7.21. The molecule has 0 saturated carbocycles. The van der Waals surface area contributed by atoms with Crippen molar-refractivity contribution in [1.82, 2.24) is 4.90 Å². The van der Waals surface area contributed by atoms with Crippen LogP contribution in [-0.4, -0.2) is 43.0 Å². The van der Waals surface area contributed by atoms with Crippen LogP contribution >= 0.6 is 0 Å². The molecule has 0 bridgehead atoms. The molecule has 1 fully saturated rings. The number of rotatable bonds is 5. The van der Waals surface area contributed by atoms with Gasteiger partial charge in [0, 0.05) is 18.7 Å². The fraction of sp³-hybridized carbons (Fsp3) is 0.562. The number of aryl methyl sites for hydroxylation is 1. The molecule has 3 heteroatoms. The normalized spacial score (nSPS) is 20.4. The van der Waals surface area contributed by atoms with Crippen molar-refractivity contribution in [1.29, 1.82) is 0 Å². The van der Waals surface area contributed by atoms with Crippen LogP contribution in [0.4, 0.5) is 0 Å². The van der Waals surface area contributed by atoms with Crippen molar-refractivity contribution in [2.75, 3.05) is 26.2 Å². The Morgan fingerprint density at radius 3 is 2.68 bits per heavy atom. The van der Waals surface area contributed by atoms with Gasteiger partial charge in [0.2, 0.25) is 0 Å². The summed E-state index contributed by atoms with van der Waals surface area (Å²) in [6, 6.07) is 7.97. The summed E-state index contributed by atoms with van der Waals surface area (Å²) in [5.41, 5.74) is 2.06. The first kappa shape index (κ1) is 14.2. The monoisotopic (exact) mass is 261 g/mol. The summed E-state index contributed by atoms with van der Waals surface area (Å²) in [5, 5.41) is 0. The number of benzene rings is 1. The van der Waals surface area contributed by atoms with Gasteiger partial charge in [-0.3, -0.25) is 9.69 Å². The van der Waals surface area contributed by atoms with Gasteiger partial charge in [-0.1, -0.05) is 44.5 Å². The number of carbonyl (C=O) groups is 1.